The molecule has 3 rings (SSSR count). The summed E-state index contributed by atoms with van der Waals surface area (Å²) < 4.78 is 18.5. The molecule has 0 spiro atoms. The van der Waals surface area contributed by atoms with Crippen molar-refractivity contribution in [2.45, 2.75) is 25.4 Å². The molecule has 5 nitrogen and oxygen atoms in total. The van der Waals surface area contributed by atoms with Gasteiger partial charge in [0.05, 0.1) is 6.54 Å². The van der Waals surface area contributed by atoms with Crippen molar-refractivity contribution in [1.82, 2.24) is 15.1 Å². The molecule has 0 aliphatic carbocycles. The van der Waals surface area contributed by atoms with Crippen molar-refractivity contribution in [3.63, 3.8) is 0 Å². The van der Waals surface area contributed by atoms with Crippen LogP contribution in [0.25, 0.3) is 11.5 Å². The van der Waals surface area contributed by atoms with E-state index in [9.17, 15) is 4.39 Å². The lowest BCUT2D eigenvalue weighted by atomic mass is 10.2. The molecule has 1 aliphatic rings. The Labute approximate surface area is 116 Å². The Morgan fingerprint density at radius 2 is 2.10 bits per heavy atom. The lowest BCUT2D eigenvalue weighted by molar-refractivity contribution is 0.226. The van der Waals surface area contributed by atoms with Gasteiger partial charge in [-0.25, -0.2) is 4.39 Å². The monoisotopic (exact) mass is 276 g/mol. The second kappa shape index (κ2) is 5.68. The average molecular weight is 276 g/mol. The zero-order valence-corrected chi connectivity index (χ0v) is 11.1. The molecule has 106 valence electrons. The molecule has 0 radical (unpaired) electrons. The summed E-state index contributed by atoms with van der Waals surface area (Å²) in [5.74, 6) is 0.713. The quantitative estimate of drug-likeness (QED) is 0.922. The fourth-order valence-corrected chi connectivity index (χ4v) is 2.57. The van der Waals surface area contributed by atoms with Gasteiger partial charge in [-0.05, 0) is 43.7 Å². The Morgan fingerprint density at radius 1 is 1.30 bits per heavy atom. The van der Waals surface area contributed by atoms with Crippen molar-refractivity contribution in [3.8, 4) is 11.5 Å². The van der Waals surface area contributed by atoms with Crippen LogP contribution in [0.15, 0.2) is 28.7 Å². The number of rotatable bonds is 4. The SMILES string of the molecule is NCC1CCCN1Cc1nnc(-c2ccc(F)cc2)o1. The number of nitrogens with zero attached hydrogens (tertiary/aromatic N) is 3. The maximum absolute atomic E-state index is 12.9. The number of nitrogens with two attached hydrogens (primary N) is 1. The molecule has 6 heteroatoms. The minimum Gasteiger partial charge on any atom is -0.419 e. The zero-order chi connectivity index (χ0) is 13.9. The molecule has 1 aromatic heterocycles. The first-order chi connectivity index (χ1) is 9.76. The number of likely N-dealkylation sites (tertiary alicyclic amines) is 1. The van der Waals surface area contributed by atoms with Crippen molar-refractivity contribution < 1.29 is 8.81 Å². The van der Waals surface area contributed by atoms with Gasteiger partial charge in [0.2, 0.25) is 11.8 Å². The van der Waals surface area contributed by atoms with Crippen LogP contribution in [0.3, 0.4) is 0 Å². The van der Waals surface area contributed by atoms with Gasteiger partial charge in [0.25, 0.3) is 0 Å². The first-order valence-corrected chi connectivity index (χ1v) is 6.78. The molecule has 2 heterocycles. The van der Waals surface area contributed by atoms with Gasteiger partial charge in [0.15, 0.2) is 0 Å². The minimum absolute atomic E-state index is 0.281. The summed E-state index contributed by atoms with van der Waals surface area (Å²) >= 11 is 0. The van der Waals surface area contributed by atoms with Crippen molar-refractivity contribution in [2.75, 3.05) is 13.1 Å². The van der Waals surface area contributed by atoms with Crippen LogP contribution in [-0.4, -0.2) is 34.2 Å². The first kappa shape index (κ1) is 13.2. The largest absolute Gasteiger partial charge is 0.419 e. The Hall–Kier alpha value is -1.79. The number of aromatic nitrogens is 2. The predicted octanol–water partition coefficient (Wildman–Crippen LogP) is 1.80. The highest BCUT2D eigenvalue weighted by Gasteiger charge is 2.24. The van der Waals surface area contributed by atoms with E-state index in [0.717, 1.165) is 24.9 Å². The van der Waals surface area contributed by atoms with E-state index in [4.69, 9.17) is 10.2 Å². The van der Waals surface area contributed by atoms with Gasteiger partial charge in [-0.2, -0.15) is 0 Å². The first-order valence-electron chi connectivity index (χ1n) is 6.78. The second-order valence-electron chi connectivity index (χ2n) is 5.01. The van der Waals surface area contributed by atoms with Crippen molar-refractivity contribution in [1.29, 1.82) is 0 Å². The van der Waals surface area contributed by atoms with Crippen LogP contribution in [0.5, 0.6) is 0 Å². The van der Waals surface area contributed by atoms with Gasteiger partial charge in [-0.3, -0.25) is 4.90 Å². The number of halogens is 1. The predicted molar refractivity (Wildman–Crippen MR) is 72.2 cm³/mol. The van der Waals surface area contributed by atoms with Crippen LogP contribution in [-0.2, 0) is 6.54 Å². The Balaban J connectivity index is 1.72. The molecule has 1 unspecified atom stereocenters. The van der Waals surface area contributed by atoms with E-state index in [-0.39, 0.29) is 5.82 Å². The fraction of sp³-hybridized carbons (Fsp3) is 0.429. The van der Waals surface area contributed by atoms with Gasteiger partial charge >= 0.3 is 0 Å². The van der Waals surface area contributed by atoms with Crippen LogP contribution in [0.2, 0.25) is 0 Å². The summed E-state index contributed by atoms with van der Waals surface area (Å²) in [5, 5.41) is 8.07. The molecule has 1 fully saturated rings. The van der Waals surface area contributed by atoms with E-state index in [1.54, 1.807) is 12.1 Å². The maximum atomic E-state index is 12.9. The summed E-state index contributed by atoms with van der Waals surface area (Å²) in [6.07, 6.45) is 2.27. The summed E-state index contributed by atoms with van der Waals surface area (Å²) in [5.41, 5.74) is 6.47. The summed E-state index contributed by atoms with van der Waals surface area (Å²) in [7, 11) is 0. The van der Waals surface area contributed by atoms with Gasteiger partial charge in [-0.15, -0.1) is 10.2 Å². The molecule has 0 bridgehead atoms. The summed E-state index contributed by atoms with van der Waals surface area (Å²) in [6, 6.07) is 6.42. The number of hydrogen-bond donors (Lipinski definition) is 1. The van der Waals surface area contributed by atoms with Gasteiger partial charge in [-0.1, -0.05) is 0 Å². The molecular formula is C14H17FN4O. The normalized spacial score (nSPS) is 19.6. The third kappa shape index (κ3) is 2.71. The molecular weight excluding hydrogens is 259 g/mol. The standard InChI is InChI=1S/C14H17FN4O/c15-11-5-3-10(4-6-11)14-18-17-13(20-14)9-19-7-1-2-12(19)8-16/h3-6,12H,1-2,7-9,16H2. The molecule has 2 aromatic rings. The summed E-state index contributed by atoms with van der Waals surface area (Å²) in [6.45, 7) is 2.28. The highest BCUT2D eigenvalue weighted by Crippen LogP contribution is 2.22. The molecule has 2 N–H and O–H groups in total. The minimum atomic E-state index is -0.281. The van der Waals surface area contributed by atoms with Crippen LogP contribution in [0.4, 0.5) is 4.39 Å². The van der Waals surface area contributed by atoms with Crippen LogP contribution >= 0.6 is 0 Å². The lowest BCUT2D eigenvalue weighted by Gasteiger charge is -2.20. The fourth-order valence-electron chi connectivity index (χ4n) is 2.57. The topological polar surface area (TPSA) is 68.2 Å². The van der Waals surface area contributed by atoms with Crippen LogP contribution in [0.1, 0.15) is 18.7 Å². The molecule has 1 aliphatic heterocycles. The third-order valence-corrected chi connectivity index (χ3v) is 3.67. The molecule has 0 saturated carbocycles. The summed E-state index contributed by atoms with van der Waals surface area (Å²) in [4.78, 5) is 2.27. The Kier molecular flexibility index (Phi) is 3.75. The van der Waals surface area contributed by atoms with Gasteiger partial charge < -0.3 is 10.2 Å². The van der Waals surface area contributed by atoms with Gasteiger partial charge in [0.1, 0.15) is 5.82 Å². The zero-order valence-electron chi connectivity index (χ0n) is 11.1. The van der Waals surface area contributed by atoms with E-state index in [2.05, 4.69) is 15.1 Å². The molecule has 0 amide bonds. The van der Waals surface area contributed by atoms with Crippen LogP contribution in [0, 0.1) is 5.82 Å². The highest BCUT2D eigenvalue weighted by atomic mass is 19.1. The van der Waals surface area contributed by atoms with Crippen molar-refractivity contribution in [2.24, 2.45) is 5.73 Å². The van der Waals surface area contributed by atoms with E-state index < -0.39 is 0 Å². The Bertz CT molecular complexity index is 569. The smallest absolute Gasteiger partial charge is 0.247 e. The Morgan fingerprint density at radius 3 is 2.85 bits per heavy atom. The van der Waals surface area contributed by atoms with E-state index >= 15 is 0 Å². The number of hydrogen-bond acceptors (Lipinski definition) is 5. The molecule has 20 heavy (non-hydrogen) atoms. The molecule has 1 atom stereocenters. The maximum Gasteiger partial charge on any atom is 0.247 e. The molecule has 1 saturated heterocycles. The van der Waals surface area contributed by atoms with E-state index in [1.807, 2.05) is 0 Å². The lowest BCUT2D eigenvalue weighted by Crippen LogP contribution is -2.34. The van der Waals surface area contributed by atoms with Crippen LogP contribution < -0.4 is 5.73 Å². The highest BCUT2D eigenvalue weighted by molar-refractivity contribution is 5.51. The van der Waals surface area contributed by atoms with Gasteiger partial charge in [0, 0.05) is 18.2 Å². The molecule has 1 aromatic carbocycles. The number of benzene rings is 1. The third-order valence-electron chi connectivity index (χ3n) is 3.67. The van der Waals surface area contributed by atoms with E-state index in [1.165, 1.54) is 12.1 Å². The average Bonchev–Trinajstić information content (AvgIpc) is 3.09. The second-order valence-corrected chi connectivity index (χ2v) is 5.01. The van der Waals surface area contributed by atoms with E-state index in [0.29, 0.717) is 30.9 Å². The van der Waals surface area contributed by atoms with Crippen molar-refractivity contribution in [3.05, 3.63) is 36.0 Å². The van der Waals surface area contributed by atoms with Crippen molar-refractivity contribution >= 4 is 0 Å².